The van der Waals surface area contributed by atoms with Gasteiger partial charge in [0.25, 0.3) is 5.91 Å². The van der Waals surface area contributed by atoms with Gasteiger partial charge in [-0.3, -0.25) is 4.79 Å². The first-order valence-corrected chi connectivity index (χ1v) is 5.01. The lowest BCUT2D eigenvalue weighted by molar-refractivity contribution is 0.0755. The first-order valence-electron chi connectivity index (χ1n) is 5.01. The van der Waals surface area contributed by atoms with Crippen LogP contribution in [0, 0.1) is 11.6 Å². The first kappa shape index (κ1) is 11.0. The van der Waals surface area contributed by atoms with Crippen LogP contribution < -0.4 is 0 Å². The van der Waals surface area contributed by atoms with Crippen LogP contribution in [0.2, 0.25) is 0 Å². The molecule has 1 aliphatic rings. The number of nitrogens with zero attached hydrogens (tertiary/aromatic N) is 1. The molecule has 0 unspecified atom stereocenters. The fourth-order valence-electron chi connectivity index (χ4n) is 1.79. The number of benzene rings is 1. The molecule has 1 N–H and O–H groups in total. The second kappa shape index (κ2) is 4.17. The van der Waals surface area contributed by atoms with Crippen LogP contribution in [-0.2, 0) is 0 Å². The standard InChI is InChI=1S/C11H11F2NO2/c12-8-2-1-3-9(13)10(8)11(16)14-5-4-7(15)6-14/h1-3,7,15H,4-6H2/t7-/m1/s1. The fourth-order valence-corrected chi connectivity index (χ4v) is 1.79. The maximum absolute atomic E-state index is 13.3. The summed E-state index contributed by atoms with van der Waals surface area (Å²) in [6.45, 7) is 0.459. The number of carbonyl (C=O) groups is 1. The Balaban J connectivity index is 2.27. The van der Waals surface area contributed by atoms with Crippen molar-refractivity contribution in [1.29, 1.82) is 0 Å². The lowest BCUT2D eigenvalue weighted by Crippen LogP contribution is -2.31. The van der Waals surface area contributed by atoms with Gasteiger partial charge in [0.1, 0.15) is 17.2 Å². The Morgan fingerprint density at radius 2 is 2.00 bits per heavy atom. The summed E-state index contributed by atoms with van der Waals surface area (Å²) in [4.78, 5) is 13.0. The molecule has 1 aromatic rings. The monoisotopic (exact) mass is 227 g/mol. The minimum atomic E-state index is -0.869. The van der Waals surface area contributed by atoms with Gasteiger partial charge in [0.15, 0.2) is 0 Å². The number of likely N-dealkylation sites (tertiary alicyclic amines) is 1. The van der Waals surface area contributed by atoms with E-state index in [-0.39, 0.29) is 6.54 Å². The van der Waals surface area contributed by atoms with E-state index in [1.807, 2.05) is 0 Å². The van der Waals surface area contributed by atoms with E-state index in [1.54, 1.807) is 0 Å². The third-order valence-corrected chi connectivity index (χ3v) is 2.63. The number of carbonyl (C=O) groups excluding carboxylic acids is 1. The molecule has 1 amide bonds. The zero-order valence-corrected chi connectivity index (χ0v) is 8.49. The number of aliphatic hydroxyl groups excluding tert-OH is 1. The van der Waals surface area contributed by atoms with Crippen molar-refractivity contribution in [3.05, 3.63) is 35.4 Å². The Bertz CT molecular complexity index is 402. The van der Waals surface area contributed by atoms with Gasteiger partial charge in [-0.25, -0.2) is 8.78 Å². The van der Waals surface area contributed by atoms with Crippen LogP contribution in [0.4, 0.5) is 8.78 Å². The number of halogens is 2. The molecule has 86 valence electrons. The highest BCUT2D eigenvalue weighted by atomic mass is 19.1. The highest BCUT2D eigenvalue weighted by Crippen LogP contribution is 2.18. The van der Waals surface area contributed by atoms with E-state index in [9.17, 15) is 18.7 Å². The largest absolute Gasteiger partial charge is 0.391 e. The second-order valence-electron chi connectivity index (χ2n) is 3.79. The van der Waals surface area contributed by atoms with Gasteiger partial charge in [-0.1, -0.05) is 6.07 Å². The predicted molar refractivity (Wildman–Crippen MR) is 52.9 cm³/mol. The molecule has 0 bridgehead atoms. The molecule has 3 nitrogen and oxygen atoms in total. The van der Waals surface area contributed by atoms with E-state index in [0.717, 1.165) is 12.1 Å². The molecule has 0 aromatic heterocycles. The first-order chi connectivity index (χ1) is 7.59. The second-order valence-corrected chi connectivity index (χ2v) is 3.79. The Morgan fingerprint density at radius 1 is 1.38 bits per heavy atom. The van der Waals surface area contributed by atoms with Crippen molar-refractivity contribution in [2.75, 3.05) is 13.1 Å². The average Bonchev–Trinajstić information content (AvgIpc) is 2.64. The molecule has 0 radical (unpaired) electrons. The predicted octanol–water partition coefficient (Wildman–Crippen LogP) is 1.17. The molecule has 1 fully saturated rings. The van der Waals surface area contributed by atoms with Crippen molar-refractivity contribution in [3.63, 3.8) is 0 Å². The van der Waals surface area contributed by atoms with E-state index < -0.39 is 29.2 Å². The van der Waals surface area contributed by atoms with Gasteiger partial charge in [0.2, 0.25) is 0 Å². The van der Waals surface area contributed by atoms with E-state index in [4.69, 9.17) is 0 Å². The summed E-state index contributed by atoms with van der Waals surface area (Å²) < 4.78 is 26.6. The molecule has 1 heterocycles. The lowest BCUT2D eigenvalue weighted by Gasteiger charge is -2.16. The van der Waals surface area contributed by atoms with Gasteiger partial charge >= 0.3 is 0 Å². The smallest absolute Gasteiger partial charge is 0.259 e. The number of β-amino-alcohol motifs (C(OH)–C–C–N with tert-alkyl or cyclic N) is 1. The molecule has 5 heteroatoms. The van der Waals surface area contributed by atoms with Crippen LogP contribution in [0.1, 0.15) is 16.8 Å². The number of rotatable bonds is 1. The van der Waals surface area contributed by atoms with Crippen LogP contribution in [0.25, 0.3) is 0 Å². The van der Waals surface area contributed by atoms with Crippen molar-refractivity contribution in [3.8, 4) is 0 Å². The minimum absolute atomic E-state index is 0.132. The molecule has 0 aliphatic carbocycles. The third kappa shape index (κ3) is 1.90. The van der Waals surface area contributed by atoms with Crippen molar-refractivity contribution < 1.29 is 18.7 Å². The zero-order chi connectivity index (χ0) is 11.7. The molecular weight excluding hydrogens is 216 g/mol. The van der Waals surface area contributed by atoms with Gasteiger partial charge in [-0.15, -0.1) is 0 Å². The molecule has 1 aromatic carbocycles. The summed E-state index contributed by atoms with van der Waals surface area (Å²) in [5.74, 6) is -2.44. The van der Waals surface area contributed by atoms with Crippen LogP contribution in [-0.4, -0.2) is 35.1 Å². The van der Waals surface area contributed by atoms with Gasteiger partial charge in [0.05, 0.1) is 6.10 Å². The van der Waals surface area contributed by atoms with Gasteiger partial charge in [-0.05, 0) is 18.6 Å². The quantitative estimate of drug-likeness (QED) is 0.782. The topological polar surface area (TPSA) is 40.5 Å². The zero-order valence-electron chi connectivity index (χ0n) is 8.49. The van der Waals surface area contributed by atoms with E-state index >= 15 is 0 Å². The lowest BCUT2D eigenvalue weighted by atomic mass is 10.1. The summed E-state index contributed by atoms with van der Waals surface area (Å²) in [6, 6.07) is 3.30. The Hall–Kier alpha value is -1.49. The molecular formula is C11H11F2NO2. The van der Waals surface area contributed by atoms with Crippen LogP contribution >= 0.6 is 0 Å². The van der Waals surface area contributed by atoms with E-state index in [1.165, 1.54) is 11.0 Å². The van der Waals surface area contributed by atoms with Gasteiger partial charge in [0, 0.05) is 13.1 Å². The highest BCUT2D eigenvalue weighted by molar-refractivity contribution is 5.95. The summed E-state index contributed by atoms with van der Waals surface area (Å²) in [5.41, 5.74) is -0.545. The fraction of sp³-hybridized carbons (Fsp3) is 0.364. The summed E-state index contributed by atoms with van der Waals surface area (Å²) >= 11 is 0. The maximum atomic E-state index is 13.3. The van der Waals surface area contributed by atoms with E-state index in [0.29, 0.717) is 13.0 Å². The van der Waals surface area contributed by atoms with Crippen molar-refractivity contribution in [2.24, 2.45) is 0 Å². The Labute approximate surface area is 91.3 Å². The Kier molecular flexibility index (Phi) is 2.87. The van der Waals surface area contributed by atoms with Crippen molar-refractivity contribution in [2.45, 2.75) is 12.5 Å². The van der Waals surface area contributed by atoms with E-state index in [2.05, 4.69) is 0 Å². The minimum Gasteiger partial charge on any atom is -0.391 e. The summed E-state index contributed by atoms with van der Waals surface area (Å²) in [5, 5.41) is 9.25. The third-order valence-electron chi connectivity index (χ3n) is 2.63. The summed E-state index contributed by atoms with van der Waals surface area (Å²) in [7, 11) is 0. The molecule has 16 heavy (non-hydrogen) atoms. The average molecular weight is 227 g/mol. The van der Waals surface area contributed by atoms with Crippen molar-refractivity contribution >= 4 is 5.91 Å². The molecule has 0 saturated carbocycles. The molecule has 0 spiro atoms. The van der Waals surface area contributed by atoms with Crippen LogP contribution in [0.3, 0.4) is 0 Å². The molecule has 1 saturated heterocycles. The van der Waals surface area contributed by atoms with Crippen molar-refractivity contribution in [1.82, 2.24) is 4.90 Å². The van der Waals surface area contributed by atoms with Crippen LogP contribution in [0.15, 0.2) is 18.2 Å². The highest BCUT2D eigenvalue weighted by Gasteiger charge is 2.28. The van der Waals surface area contributed by atoms with Gasteiger partial charge in [-0.2, -0.15) is 0 Å². The Morgan fingerprint density at radius 3 is 2.50 bits per heavy atom. The number of hydrogen-bond acceptors (Lipinski definition) is 2. The summed E-state index contributed by atoms with van der Waals surface area (Å²) in [6.07, 6.45) is -0.152. The maximum Gasteiger partial charge on any atom is 0.259 e. The number of amides is 1. The van der Waals surface area contributed by atoms with Gasteiger partial charge < -0.3 is 10.0 Å². The number of aliphatic hydroxyl groups is 1. The number of hydrogen-bond donors (Lipinski definition) is 1. The molecule has 1 aliphatic heterocycles. The normalized spacial score (nSPS) is 20.2. The van der Waals surface area contributed by atoms with Crippen LogP contribution in [0.5, 0.6) is 0 Å². The molecule has 2 rings (SSSR count). The SMILES string of the molecule is O=C(c1c(F)cccc1F)N1CC[C@@H](O)C1. The molecule has 1 atom stereocenters.